The van der Waals surface area contributed by atoms with Crippen LogP contribution in [0.5, 0.6) is 0 Å². The number of nitrogens with one attached hydrogen (secondary N) is 1. The largest absolute Gasteiger partial charge is 0.329 e. The first kappa shape index (κ1) is 13.9. The summed E-state index contributed by atoms with van der Waals surface area (Å²) in [5.41, 5.74) is 1.52. The first-order valence-corrected chi connectivity index (χ1v) is 7.66. The molecule has 0 saturated carbocycles. The van der Waals surface area contributed by atoms with E-state index in [0.29, 0.717) is 16.9 Å². The van der Waals surface area contributed by atoms with Crippen molar-refractivity contribution < 1.29 is 4.39 Å². The van der Waals surface area contributed by atoms with Crippen molar-refractivity contribution >= 4 is 34.9 Å². The van der Waals surface area contributed by atoms with Crippen LogP contribution in [-0.2, 0) is 0 Å². The summed E-state index contributed by atoms with van der Waals surface area (Å²) in [6.07, 6.45) is 3.46. The minimum absolute atomic E-state index is 0.112. The molecule has 0 aliphatic carbocycles. The summed E-state index contributed by atoms with van der Waals surface area (Å²) in [6.45, 7) is 4.37. The minimum Gasteiger partial charge on any atom is -0.329 e. The topological polar surface area (TPSA) is 24.0 Å². The van der Waals surface area contributed by atoms with Crippen LogP contribution in [0.25, 0.3) is 11.0 Å². The molecule has 20 heavy (non-hydrogen) atoms. The molecular weight excluding hydrogens is 297 g/mol. The van der Waals surface area contributed by atoms with Gasteiger partial charge in [0, 0.05) is 18.2 Å². The maximum absolute atomic E-state index is 13.8. The first-order valence-electron chi connectivity index (χ1n) is 6.87. The van der Waals surface area contributed by atoms with Crippen molar-refractivity contribution in [2.75, 3.05) is 5.01 Å². The summed E-state index contributed by atoms with van der Waals surface area (Å²) < 4.78 is 16.3. The molecule has 1 aromatic heterocycles. The number of benzene rings is 1. The molecule has 3 nitrogen and oxygen atoms in total. The SMILES string of the molecule is CC1CCCC(C)N1n1c(=S)[nH]c2cc(Cl)c(F)cc21. The van der Waals surface area contributed by atoms with Gasteiger partial charge in [-0.15, -0.1) is 0 Å². The van der Waals surface area contributed by atoms with Crippen LogP contribution in [0.3, 0.4) is 0 Å². The highest BCUT2D eigenvalue weighted by Crippen LogP contribution is 2.27. The number of piperidine rings is 1. The van der Waals surface area contributed by atoms with Gasteiger partial charge in [-0.25, -0.2) is 9.07 Å². The van der Waals surface area contributed by atoms with E-state index < -0.39 is 5.82 Å². The molecule has 108 valence electrons. The number of hydrogen-bond donors (Lipinski definition) is 1. The standard InChI is InChI=1S/C14H17ClFN3S/c1-8-4-3-5-9(2)18(8)19-13-7-11(16)10(15)6-12(13)17-14(19)20/h6-9H,3-5H2,1-2H3,(H,17,20). The highest BCUT2D eigenvalue weighted by molar-refractivity contribution is 7.71. The van der Waals surface area contributed by atoms with Crippen LogP contribution < -0.4 is 5.01 Å². The smallest absolute Gasteiger partial charge is 0.197 e. The molecule has 0 spiro atoms. The van der Waals surface area contributed by atoms with E-state index in [4.69, 9.17) is 23.8 Å². The fourth-order valence-corrected chi connectivity index (χ4v) is 3.59. The Hall–Kier alpha value is -1.07. The lowest BCUT2D eigenvalue weighted by molar-refractivity contribution is 0.339. The highest BCUT2D eigenvalue weighted by atomic mass is 35.5. The predicted octanol–water partition coefficient (Wildman–Crippen LogP) is 4.39. The molecule has 6 heteroatoms. The van der Waals surface area contributed by atoms with E-state index >= 15 is 0 Å². The van der Waals surface area contributed by atoms with Gasteiger partial charge in [0.25, 0.3) is 0 Å². The molecule has 1 N–H and O–H groups in total. The van der Waals surface area contributed by atoms with E-state index in [1.807, 2.05) is 4.68 Å². The third-order valence-corrected chi connectivity index (χ3v) is 4.64. The van der Waals surface area contributed by atoms with Crippen molar-refractivity contribution in [2.45, 2.75) is 45.2 Å². The Balaban J connectivity index is 2.22. The van der Waals surface area contributed by atoms with Crippen LogP contribution in [0.2, 0.25) is 5.02 Å². The minimum atomic E-state index is -0.417. The lowest BCUT2D eigenvalue weighted by Crippen LogP contribution is -2.51. The van der Waals surface area contributed by atoms with Gasteiger partial charge >= 0.3 is 0 Å². The van der Waals surface area contributed by atoms with Gasteiger partial charge < -0.3 is 9.99 Å². The van der Waals surface area contributed by atoms with E-state index in [-0.39, 0.29) is 5.02 Å². The summed E-state index contributed by atoms with van der Waals surface area (Å²) >= 11 is 11.3. The quantitative estimate of drug-likeness (QED) is 0.789. The number of imidazole rings is 1. The normalized spacial score (nSPS) is 23.5. The average Bonchev–Trinajstić information content (AvgIpc) is 2.67. The zero-order chi connectivity index (χ0) is 14.4. The predicted molar refractivity (Wildman–Crippen MR) is 83.1 cm³/mol. The lowest BCUT2D eigenvalue weighted by atomic mass is 10.00. The fraction of sp³-hybridized carbons (Fsp3) is 0.500. The van der Waals surface area contributed by atoms with Gasteiger partial charge in [-0.1, -0.05) is 11.6 Å². The molecule has 0 amide bonds. The Morgan fingerprint density at radius 3 is 2.60 bits per heavy atom. The molecule has 1 saturated heterocycles. The summed E-state index contributed by atoms with van der Waals surface area (Å²) in [5.74, 6) is -0.417. The molecule has 1 aliphatic rings. The number of fused-ring (bicyclic) bond motifs is 1. The third kappa shape index (κ3) is 2.13. The maximum Gasteiger partial charge on any atom is 0.197 e. The van der Waals surface area contributed by atoms with Crippen LogP contribution in [0.4, 0.5) is 4.39 Å². The summed E-state index contributed by atoms with van der Waals surface area (Å²) in [7, 11) is 0. The molecule has 1 aromatic carbocycles. The summed E-state index contributed by atoms with van der Waals surface area (Å²) in [6, 6.07) is 3.81. The zero-order valence-corrected chi connectivity index (χ0v) is 13.1. The van der Waals surface area contributed by atoms with E-state index in [2.05, 4.69) is 23.8 Å². The van der Waals surface area contributed by atoms with E-state index in [9.17, 15) is 4.39 Å². The molecule has 2 heterocycles. The van der Waals surface area contributed by atoms with E-state index in [1.54, 1.807) is 6.07 Å². The molecule has 0 bridgehead atoms. The van der Waals surface area contributed by atoms with E-state index in [0.717, 1.165) is 23.9 Å². The molecule has 1 fully saturated rings. The number of hydrogen-bond acceptors (Lipinski definition) is 2. The Bertz CT molecular complexity index is 698. The summed E-state index contributed by atoms with van der Waals surface area (Å²) in [4.78, 5) is 3.12. The monoisotopic (exact) mass is 313 g/mol. The van der Waals surface area contributed by atoms with Crippen LogP contribution in [0.15, 0.2) is 12.1 Å². The molecule has 0 radical (unpaired) electrons. The lowest BCUT2D eigenvalue weighted by Gasteiger charge is -2.41. The second kappa shape index (κ2) is 5.04. The van der Waals surface area contributed by atoms with Gasteiger partial charge in [0.15, 0.2) is 4.77 Å². The molecule has 2 atom stereocenters. The van der Waals surface area contributed by atoms with Crippen molar-refractivity contribution in [1.82, 2.24) is 9.66 Å². The van der Waals surface area contributed by atoms with Crippen molar-refractivity contribution in [2.24, 2.45) is 0 Å². The summed E-state index contributed by atoms with van der Waals surface area (Å²) in [5, 5.41) is 2.36. The number of nitrogens with zero attached hydrogens (tertiary/aromatic N) is 2. The Morgan fingerprint density at radius 1 is 1.30 bits per heavy atom. The second-order valence-corrected chi connectivity index (χ2v) is 6.33. The highest BCUT2D eigenvalue weighted by Gasteiger charge is 2.27. The van der Waals surface area contributed by atoms with Gasteiger partial charge in [0.2, 0.25) is 0 Å². The average molecular weight is 314 g/mol. The van der Waals surface area contributed by atoms with Crippen LogP contribution >= 0.6 is 23.8 Å². The van der Waals surface area contributed by atoms with Crippen molar-refractivity contribution in [3.05, 3.63) is 27.7 Å². The van der Waals surface area contributed by atoms with Crippen molar-refractivity contribution in [3.63, 3.8) is 0 Å². The fourth-order valence-electron chi connectivity index (χ4n) is 3.12. The number of aromatic nitrogens is 2. The molecule has 2 aromatic rings. The van der Waals surface area contributed by atoms with Crippen LogP contribution in [0.1, 0.15) is 33.1 Å². The van der Waals surface area contributed by atoms with Crippen LogP contribution in [-0.4, -0.2) is 21.7 Å². The first-order chi connectivity index (χ1) is 9.49. The van der Waals surface area contributed by atoms with Crippen molar-refractivity contribution in [3.8, 4) is 0 Å². The van der Waals surface area contributed by atoms with Gasteiger partial charge in [-0.05, 0) is 51.4 Å². The Labute approximate surface area is 127 Å². The Morgan fingerprint density at radius 2 is 1.95 bits per heavy atom. The molecule has 1 aliphatic heterocycles. The second-order valence-electron chi connectivity index (χ2n) is 5.53. The van der Waals surface area contributed by atoms with Gasteiger partial charge in [0.1, 0.15) is 5.82 Å². The van der Waals surface area contributed by atoms with Gasteiger partial charge in [-0.3, -0.25) is 0 Å². The number of aromatic amines is 1. The zero-order valence-electron chi connectivity index (χ0n) is 11.5. The van der Waals surface area contributed by atoms with Crippen LogP contribution in [0, 0.1) is 10.6 Å². The Kier molecular flexibility index (Phi) is 3.50. The van der Waals surface area contributed by atoms with Gasteiger partial charge in [0.05, 0.1) is 16.1 Å². The van der Waals surface area contributed by atoms with E-state index in [1.165, 1.54) is 12.5 Å². The number of rotatable bonds is 1. The number of H-pyrrole nitrogens is 1. The third-order valence-electron chi connectivity index (χ3n) is 4.08. The number of halogens is 2. The molecule has 3 rings (SSSR count). The van der Waals surface area contributed by atoms with Gasteiger partial charge in [-0.2, -0.15) is 0 Å². The molecule has 2 unspecified atom stereocenters. The molecular formula is C14H17ClFN3S. The maximum atomic E-state index is 13.8. The van der Waals surface area contributed by atoms with Crippen molar-refractivity contribution in [1.29, 1.82) is 0 Å².